The van der Waals surface area contributed by atoms with Crippen LogP contribution in [0.4, 0.5) is 32.2 Å². The summed E-state index contributed by atoms with van der Waals surface area (Å²) >= 11 is 0. The summed E-state index contributed by atoms with van der Waals surface area (Å²) in [6.45, 7) is 0. The number of anilines is 1. The first kappa shape index (κ1) is 18.8. The van der Waals surface area contributed by atoms with Crippen molar-refractivity contribution >= 4 is 11.7 Å². The number of rotatable bonds is 1. The Morgan fingerprint density at radius 3 is 2.15 bits per heavy atom. The maximum atomic E-state index is 13.8. The van der Waals surface area contributed by atoms with Crippen LogP contribution in [0.15, 0.2) is 32.4 Å². The first-order valence-electron chi connectivity index (χ1n) is 7.23. The number of amidine groups is 1. The van der Waals surface area contributed by atoms with Gasteiger partial charge in [0.05, 0.1) is 6.26 Å². The lowest BCUT2D eigenvalue weighted by Gasteiger charge is -2.34. The van der Waals surface area contributed by atoms with Crippen molar-refractivity contribution in [3.05, 3.63) is 50.6 Å². The summed E-state index contributed by atoms with van der Waals surface area (Å²) in [5.74, 6) is -2.13. The van der Waals surface area contributed by atoms with E-state index in [0.717, 1.165) is 26.4 Å². The number of hydrogen-bond acceptors (Lipinski definition) is 4. The molecule has 0 saturated carbocycles. The maximum Gasteiger partial charge on any atom is 0.446 e. The zero-order valence-electron chi connectivity index (χ0n) is 13.6. The van der Waals surface area contributed by atoms with Crippen LogP contribution in [0.1, 0.15) is 11.3 Å². The molecular formula is C14H11F6N4O3+. The van der Waals surface area contributed by atoms with Crippen molar-refractivity contribution in [3.8, 4) is 0 Å². The summed E-state index contributed by atoms with van der Waals surface area (Å²) in [6.07, 6.45) is -10.9. The maximum absolute atomic E-state index is 13.8. The molecule has 0 atom stereocenters. The van der Waals surface area contributed by atoms with Gasteiger partial charge >= 0.3 is 29.4 Å². The van der Waals surface area contributed by atoms with Gasteiger partial charge in [-0.25, -0.2) is 15.1 Å². The smallest absolute Gasteiger partial charge is 0.446 e. The molecule has 27 heavy (non-hydrogen) atoms. The van der Waals surface area contributed by atoms with Crippen LogP contribution >= 0.6 is 0 Å². The molecule has 2 aromatic heterocycles. The molecule has 0 aromatic carbocycles. The minimum absolute atomic E-state index is 0.173. The molecule has 3 heterocycles. The van der Waals surface area contributed by atoms with Crippen molar-refractivity contribution < 1.29 is 35.8 Å². The molecule has 0 aliphatic carbocycles. The Bertz CT molecular complexity index is 1030. The molecule has 2 aromatic rings. The quantitative estimate of drug-likeness (QED) is 0.662. The van der Waals surface area contributed by atoms with Crippen molar-refractivity contribution in [2.24, 2.45) is 14.1 Å². The van der Waals surface area contributed by atoms with Gasteiger partial charge in [-0.2, -0.15) is 26.3 Å². The highest BCUT2D eigenvalue weighted by atomic mass is 19.4. The van der Waals surface area contributed by atoms with Gasteiger partial charge in [0.25, 0.3) is 5.56 Å². The van der Waals surface area contributed by atoms with E-state index in [9.17, 15) is 35.9 Å². The van der Waals surface area contributed by atoms with E-state index in [-0.39, 0.29) is 10.3 Å². The summed E-state index contributed by atoms with van der Waals surface area (Å²) in [4.78, 5) is 25.7. The van der Waals surface area contributed by atoms with Gasteiger partial charge in [0.2, 0.25) is 11.6 Å². The van der Waals surface area contributed by atoms with E-state index in [0.29, 0.717) is 4.57 Å². The summed E-state index contributed by atoms with van der Waals surface area (Å²) in [7, 11) is 1.73. The topological polar surface area (TPSA) is 83.1 Å². The zero-order chi connectivity index (χ0) is 20.4. The Morgan fingerprint density at radius 2 is 1.67 bits per heavy atom. The van der Waals surface area contributed by atoms with Crippen LogP contribution < -0.4 is 21.6 Å². The number of aromatic nitrogens is 2. The molecule has 0 saturated heterocycles. The van der Waals surface area contributed by atoms with Crippen molar-refractivity contribution in [1.82, 2.24) is 9.13 Å². The van der Waals surface area contributed by atoms with Crippen LogP contribution in [0.3, 0.4) is 0 Å². The molecule has 2 N–H and O–H groups in total. The van der Waals surface area contributed by atoms with E-state index in [1.54, 1.807) is 0 Å². The van der Waals surface area contributed by atoms with Gasteiger partial charge in [-0.05, 0) is 12.1 Å². The van der Waals surface area contributed by atoms with Crippen LogP contribution in [0.5, 0.6) is 0 Å². The molecule has 0 spiro atoms. The Hall–Kier alpha value is -2.99. The van der Waals surface area contributed by atoms with E-state index in [4.69, 9.17) is 4.42 Å². The van der Waals surface area contributed by atoms with Gasteiger partial charge in [0.15, 0.2) is 0 Å². The highest BCUT2D eigenvalue weighted by molar-refractivity contribution is 6.03. The molecule has 0 fully saturated rings. The highest BCUT2D eigenvalue weighted by Gasteiger charge is 2.78. The Balaban J connectivity index is 2.55. The molecule has 1 aliphatic rings. The normalized spacial score (nSPS) is 16.5. The molecule has 3 rings (SSSR count). The van der Waals surface area contributed by atoms with Crippen molar-refractivity contribution in [3.63, 3.8) is 0 Å². The highest BCUT2D eigenvalue weighted by Crippen LogP contribution is 2.48. The van der Waals surface area contributed by atoms with Crippen LogP contribution in [-0.2, 0) is 19.6 Å². The van der Waals surface area contributed by atoms with Crippen LogP contribution in [0.25, 0.3) is 0 Å². The number of alkyl halides is 6. The summed E-state index contributed by atoms with van der Waals surface area (Å²) in [5, 5.41) is 2.24. The van der Waals surface area contributed by atoms with Crippen molar-refractivity contribution in [2.75, 3.05) is 5.32 Å². The van der Waals surface area contributed by atoms with Gasteiger partial charge < -0.3 is 4.42 Å². The minimum Gasteiger partial charge on any atom is -0.456 e. The lowest BCUT2D eigenvalue weighted by atomic mass is 9.88. The van der Waals surface area contributed by atoms with E-state index < -0.39 is 46.4 Å². The van der Waals surface area contributed by atoms with E-state index in [1.165, 1.54) is 11.1 Å². The average Bonchev–Trinajstić information content (AvgIpc) is 3.09. The van der Waals surface area contributed by atoms with Crippen molar-refractivity contribution in [2.45, 2.75) is 17.9 Å². The monoisotopic (exact) mass is 397 g/mol. The zero-order valence-corrected chi connectivity index (χ0v) is 13.6. The van der Waals surface area contributed by atoms with E-state index in [1.807, 2.05) is 0 Å². The first-order chi connectivity index (χ1) is 12.3. The standard InChI is InChI=1S/C14H10F6N4O3/c1-23-9-7(10(25)24(2)11(23)26)12(13(15,16)17,14(18,19)20)22-8(21-9)6-4-3-5-27-6/h3-5H,1-2H3,(H,21,22)/p+1. The first-order valence-corrected chi connectivity index (χ1v) is 7.23. The Labute approximate surface area is 145 Å². The second kappa shape index (κ2) is 5.50. The third kappa shape index (κ3) is 2.40. The predicted molar refractivity (Wildman–Crippen MR) is 78.1 cm³/mol. The number of nitrogens with zero attached hydrogens (tertiary/aromatic N) is 2. The molecule has 146 valence electrons. The molecule has 1 aliphatic heterocycles. The summed E-state index contributed by atoms with van der Waals surface area (Å²) in [5.41, 5.74) is -9.29. The lowest BCUT2D eigenvalue weighted by Crippen LogP contribution is -2.97. The SMILES string of the molecule is Cn1c2c(c(=O)n(C)c1=O)C(C(F)(F)F)(C(F)(F)F)[NH+]=C(c1ccco1)N2. The molecule has 7 nitrogen and oxygen atoms in total. The fraction of sp³-hybridized carbons (Fsp3) is 0.357. The Morgan fingerprint density at radius 1 is 1.07 bits per heavy atom. The van der Waals surface area contributed by atoms with Crippen LogP contribution in [0, 0.1) is 0 Å². The average molecular weight is 397 g/mol. The summed E-state index contributed by atoms with van der Waals surface area (Å²) in [6, 6.07) is 2.35. The number of furan rings is 1. The molecule has 13 heteroatoms. The third-order valence-electron chi connectivity index (χ3n) is 4.21. The van der Waals surface area contributed by atoms with Crippen LogP contribution in [0.2, 0.25) is 0 Å². The Kier molecular flexibility index (Phi) is 3.83. The number of nitrogens with one attached hydrogen (secondary N) is 2. The number of halogens is 6. The van der Waals surface area contributed by atoms with Gasteiger partial charge in [-0.15, -0.1) is 0 Å². The van der Waals surface area contributed by atoms with Crippen LogP contribution in [-0.4, -0.2) is 27.3 Å². The van der Waals surface area contributed by atoms with Gasteiger partial charge in [0.1, 0.15) is 5.56 Å². The van der Waals surface area contributed by atoms with Crippen molar-refractivity contribution in [1.29, 1.82) is 0 Å². The molecule has 0 amide bonds. The molecule has 0 radical (unpaired) electrons. The summed E-state index contributed by atoms with van der Waals surface area (Å²) < 4.78 is 88.6. The minimum atomic E-state index is -5.98. The van der Waals surface area contributed by atoms with Gasteiger partial charge in [0, 0.05) is 14.1 Å². The molecular weight excluding hydrogens is 386 g/mol. The van der Waals surface area contributed by atoms with E-state index in [2.05, 4.69) is 5.32 Å². The van der Waals surface area contributed by atoms with E-state index >= 15 is 0 Å². The largest absolute Gasteiger partial charge is 0.456 e. The third-order valence-corrected chi connectivity index (χ3v) is 4.21. The second-order valence-corrected chi connectivity index (χ2v) is 5.78. The molecule has 0 unspecified atom stereocenters. The molecule has 0 bridgehead atoms. The number of hydrogen-bond donors (Lipinski definition) is 2. The predicted octanol–water partition coefficient (Wildman–Crippen LogP) is -0.0502. The number of fused-ring (bicyclic) bond motifs is 1. The van der Waals surface area contributed by atoms with Gasteiger partial charge in [-0.3, -0.25) is 13.9 Å². The lowest BCUT2D eigenvalue weighted by molar-refractivity contribution is -0.658. The fourth-order valence-corrected chi connectivity index (χ4v) is 2.86. The second-order valence-electron chi connectivity index (χ2n) is 5.78. The van der Waals surface area contributed by atoms with Gasteiger partial charge in [-0.1, -0.05) is 0 Å². The fourth-order valence-electron chi connectivity index (χ4n) is 2.86.